The molecule has 0 aliphatic rings. The minimum atomic E-state index is -1.16. The number of aromatic nitrogens is 1. The summed E-state index contributed by atoms with van der Waals surface area (Å²) in [4.78, 5) is 17.4. The number of halogens is 4. The van der Waals surface area contributed by atoms with Gasteiger partial charge >= 0.3 is 6.09 Å². The highest BCUT2D eigenvalue weighted by atomic mass is 35.5. The van der Waals surface area contributed by atoms with Crippen LogP contribution in [-0.2, 0) is 0 Å². The summed E-state index contributed by atoms with van der Waals surface area (Å²) in [6.07, 6.45) is -1.87. The Morgan fingerprint density at radius 3 is 2.53 bits per heavy atom. The number of rotatable bonds is 5. The molecule has 1 unspecified atom stereocenters. The highest BCUT2D eigenvalue weighted by molar-refractivity contribution is 7.22. The van der Waals surface area contributed by atoms with Crippen LogP contribution >= 0.6 is 46.1 Å². The van der Waals surface area contributed by atoms with E-state index in [1.165, 1.54) is 23.5 Å². The van der Waals surface area contributed by atoms with E-state index < -0.39 is 18.0 Å². The molecular formula is C22H14Cl3FN2O3S. The lowest BCUT2D eigenvalue weighted by Crippen LogP contribution is -2.23. The lowest BCUT2D eigenvalue weighted by atomic mass is 10.1. The van der Waals surface area contributed by atoms with Crippen molar-refractivity contribution in [3.8, 4) is 5.75 Å². The second-order valence-electron chi connectivity index (χ2n) is 6.72. The number of amides is 1. The number of thiazole rings is 1. The van der Waals surface area contributed by atoms with Crippen LogP contribution in [0.15, 0.2) is 54.6 Å². The van der Waals surface area contributed by atoms with E-state index in [4.69, 9.17) is 39.5 Å². The maximum absolute atomic E-state index is 13.9. The molecule has 5 nitrogen and oxygen atoms in total. The topological polar surface area (TPSA) is 62.7 Å². The average molecular weight is 512 g/mol. The summed E-state index contributed by atoms with van der Waals surface area (Å²) in [5, 5.41) is 10.4. The number of ether oxygens (including phenoxy) is 1. The normalized spacial score (nSPS) is 12.0. The van der Waals surface area contributed by atoms with Crippen molar-refractivity contribution in [3.05, 3.63) is 81.0 Å². The van der Waals surface area contributed by atoms with Gasteiger partial charge < -0.3 is 9.84 Å². The van der Waals surface area contributed by atoms with Gasteiger partial charge in [-0.3, -0.25) is 0 Å². The van der Waals surface area contributed by atoms with E-state index in [-0.39, 0.29) is 20.2 Å². The Hall–Kier alpha value is -2.58. The van der Waals surface area contributed by atoms with Gasteiger partial charge in [0, 0.05) is 16.7 Å². The molecule has 4 rings (SSSR count). The third-order valence-corrected chi connectivity index (χ3v) is 6.63. The summed E-state index contributed by atoms with van der Waals surface area (Å²) in [7, 11) is 0. The predicted molar refractivity (Wildman–Crippen MR) is 127 cm³/mol. The molecule has 0 fully saturated rings. The van der Waals surface area contributed by atoms with Crippen LogP contribution < -0.4 is 9.64 Å². The fraction of sp³-hybridized carbons (Fsp3) is 0.0909. The van der Waals surface area contributed by atoms with Gasteiger partial charge in [-0.25, -0.2) is 19.1 Å². The second-order valence-corrected chi connectivity index (χ2v) is 8.92. The Bertz CT molecular complexity index is 1320. The van der Waals surface area contributed by atoms with Gasteiger partial charge in [0.25, 0.3) is 0 Å². The van der Waals surface area contributed by atoms with E-state index in [1.807, 2.05) is 0 Å². The van der Waals surface area contributed by atoms with Crippen molar-refractivity contribution in [2.24, 2.45) is 0 Å². The van der Waals surface area contributed by atoms with Crippen LogP contribution in [0.25, 0.3) is 10.2 Å². The van der Waals surface area contributed by atoms with Gasteiger partial charge in [-0.15, -0.1) is 0 Å². The summed E-state index contributed by atoms with van der Waals surface area (Å²) < 4.78 is 20.5. The number of para-hydroxylation sites is 1. The zero-order chi connectivity index (χ0) is 23.0. The minimum Gasteiger partial charge on any atom is -0.484 e. The maximum atomic E-state index is 13.9. The molecule has 0 aliphatic heterocycles. The molecule has 1 N–H and O–H groups in total. The standard InChI is InChI=1S/C22H14Cl3FN2O3S/c1-11(19-13(23)7-8-15(26)20(19)25)31-17-10-18-16(9-14(17)24)27-21(32-18)28(22(29)30)12-5-3-2-4-6-12/h2-11H,1H3,(H,29,30). The smallest absolute Gasteiger partial charge is 0.418 e. The minimum absolute atomic E-state index is 0.123. The number of benzene rings is 3. The lowest BCUT2D eigenvalue weighted by Gasteiger charge is -2.18. The number of carboxylic acid groups (broad SMARTS) is 1. The van der Waals surface area contributed by atoms with Crippen molar-refractivity contribution in [2.75, 3.05) is 4.90 Å². The van der Waals surface area contributed by atoms with Gasteiger partial charge in [0.05, 0.1) is 25.9 Å². The monoisotopic (exact) mass is 510 g/mol. The van der Waals surface area contributed by atoms with Crippen molar-refractivity contribution in [1.82, 2.24) is 4.98 Å². The molecule has 1 aromatic heterocycles. The van der Waals surface area contributed by atoms with E-state index in [2.05, 4.69) is 4.98 Å². The zero-order valence-electron chi connectivity index (χ0n) is 16.4. The van der Waals surface area contributed by atoms with Crippen molar-refractivity contribution >= 4 is 73.3 Å². The van der Waals surface area contributed by atoms with E-state index >= 15 is 0 Å². The first-order valence-corrected chi connectivity index (χ1v) is 11.2. The average Bonchev–Trinajstić information content (AvgIpc) is 3.13. The van der Waals surface area contributed by atoms with Crippen molar-refractivity contribution < 1.29 is 19.0 Å². The fourth-order valence-electron chi connectivity index (χ4n) is 3.15. The van der Waals surface area contributed by atoms with Crippen LogP contribution in [0.5, 0.6) is 5.75 Å². The Kier molecular flexibility index (Phi) is 6.44. The van der Waals surface area contributed by atoms with Crippen molar-refractivity contribution in [2.45, 2.75) is 13.0 Å². The molecule has 164 valence electrons. The van der Waals surface area contributed by atoms with Gasteiger partial charge in [-0.05, 0) is 37.3 Å². The SMILES string of the molecule is CC(Oc1cc2sc(N(C(=O)O)c3ccccc3)nc2cc1Cl)c1c(Cl)ccc(F)c1Cl. The maximum Gasteiger partial charge on any atom is 0.418 e. The van der Waals surface area contributed by atoms with Gasteiger partial charge in [0.2, 0.25) is 5.13 Å². The van der Waals surface area contributed by atoms with Crippen molar-refractivity contribution in [3.63, 3.8) is 0 Å². The third-order valence-electron chi connectivity index (χ3n) is 4.62. The van der Waals surface area contributed by atoms with Crippen LogP contribution in [-0.4, -0.2) is 16.2 Å². The Morgan fingerprint density at radius 2 is 1.84 bits per heavy atom. The second kappa shape index (κ2) is 9.11. The van der Waals surface area contributed by atoms with Crippen molar-refractivity contribution in [1.29, 1.82) is 0 Å². The molecule has 0 saturated heterocycles. The first kappa shape index (κ1) is 22.6. The Balaban J connectivity index is 1.70. The van der Waals surface area contributed by atoms with E-state index in [1.54, 1.807) is 49.4 Å². The van der Waals surface area contributed by atoms with Gasteiger partial charge in [-0.1, -0.05) is 64.3 Å². The molecule has 3 aromatic carbocycles. The van der Waals surface area contributed by atoms with Gasteiger partial charge in [-0.2, -0.15) is 0 Å². The van der Waals surface area contributed by atoms with E-state index in [0.717, 1.165) is 4.90 Å². The summed E-state index contributed by atoms with van der Waals surface area (Å²) in [5.41, 5.74) is 1.28. The molecule has 32 heavy (non-hydrogen) atoms. The van der Waals surface area contributed by atoms with Crippen LogP contribution in [0.2, 0.25) is 15.1 Å². The molecule has 1 atom stereocenters. The number of anilines is 2. The van der Waals surface area contributed by atoms with Crippen LogP contribution in [0.3, 0.4) is 0 Å². The van der Waals surface area contributed by atoms with E-state index in [0.29, 0.717) is 27.2 Å². The molecule has 0 saturated carbocycles. The molecule has 0 bridgehead atoms. The van der Waals surface area contributed by atoms with Gasteiger partial charge in [0.1, 0.15) is 17.7 Å². The highest BCUT2D eigenvalue weighted by Gasteiger charge is 2.23. The molecule has 1 heterocycles. The molecular weight excluding hydrogens is 498 g/mol. The van der Waals surface area contributed by atoms with Crippen LogP contribution in [0.4, 0.5) is 20.0 Å². The number of nitrogens with zero attached hydrogens (tertiary/aromatic N) is 2. The lowest BCUT2D eigenvalue weighted by molar-refractivity contribution is 0.205. The summed E-state index contributed by atoms with van der Waals surface area (Å²) in [6, 6.07) is 14.5. The van der Waals surface area contributed by atoms with Crippen LogP contribution in [0.1, 0.15) is 18.6 Å². The van der Waals surface area contributed by atoms with E-state index in [9.17, 15) is 14.3 Å². The molecule has 0 aliphatic carbocycles. The third kappa shape index (κ3) is 4.34. The molecule has 10 heteroatoms. The fourth-order valence-corrected chi connectivity index (χ4v) is 5.02. The summed E-state index contributed by atoms with van der Waals surface area (Å²) in [6.45, 7) is 1.67. The quantitative estimate of drug-likeness (QED) is 0.273. The molecule has 0 radical (unpaired) electrons. The number of fused-ring (bicyclic) bond motifs is 1. The summed E-state index contributed by atoms with van der Waals surface area (Å²) >= 11 is 19.8. The molecule has 0 spiro atoms. The highest BCUT2D eigenvalue weighted by Crippen LogP contribution is 2.41. The Labute approximate surface area is 201 Å². The first-order chi connectivity index (χ1) is 15.3. The largest absolute Gasteiger partial charge is 0.484 e. The molecule has 1 amide bonds. The number of hydrogen-bond donors (Lipinski definition) is 1. The first-order valence-electron chi connectivity index (χ1n) is 9.24. The number of hydrogen-bond acceptors (Lipinski definition) is 4. The van der Waals surface area contributed by atoms with Gasteiger partial charge in [0.15, 0.2) is 0 Å². The predicted octanol–water partition coefficient (Wildman–Crippen LogP) is 8.35. The van der Waals surface area contributed by atoms with Crippen LogP contribution in [0, 0.1) is 5.82 Å². The summed E-state index contributed by atoms with van der Waals surface area (Å²) in [5.74, 6) is -0.301. The zero-order valence-corrected chi connectivity index (χ0v) is 19.4. The Morgan fingerprint density at radius 1 is 1.12 bits per heavy atom. The number of carbonyl (C=O) groups is 1. The molecule has 4 aromatic rings.